The van der Waals surface area contributed by atoms with Crippen LogP contribution in [-0.4, -0.2) is 13.6 Å². The molecule has 0 aliphatic heterocycles. The predicted octanol–water partition coefficient (Wildman–Crippen LogP) is 4.84. The molecule has 0 unspecified atom stereocenters. The molecule has 4 nitrogen and oxygen atoms in total. The molecule has 4 rings (SSSR count). The highest BCUT2D eigenvalue weighted by molar-refractivity contribution is 7.91. The fourth-order valence-corrected chi connectivity index (χ4v) is 4.36. The molecule has 0 N–H and O–H groups in total. The van der Waals surface area contributed by atoms with Crippen LogP contribution in [0.5, 0.6) is 0 Å². The van der Waals surface area contributed by atoms with Gasteiger partial charge >= 0.3 is 0 Å². The van der Waals surface area contributed by atoms with Crippen LogP contribution in [0, 0.1) is 0 Å². The van der Waals surface area contributed by atoms with Crippen molar-refractivity contribution in [3.05, 3.63) is 91.0 Å². The van der Waals surface area contributed by atoms with Gasteiger partial charge in [0.05, 0.1) is 4.90 Å². The van der Waals surface area contributed by atoms with Crippen molar-refractivity contribution in [1.82, 2.24) is 5.16 Å². The smallest absolute Gasteiger partial charge is 0.212 e. The maximum absolute atomic E-state index is 13.4. The summed E-state index contributed by atoms with van der Waals surface area (Å²) in [5, 5.41) is 4.10. The Morgan fingerprint density at radius 3 is 1.73 bits per heavy atom. The number of benzene rings is 3. The van der Waals surface area contributed by atoms with Gasteiger partial charge in [0, 0.05) is 11.1 Å². The highest BCUT2D eigenvalue weighted by atomic mass is 32.2. The Kier molecular flexibility index (Phi) is 4.14. The van der Waals surface area contributed by atoms with Crippen LogP contribution in [0.3, 0.4) is 0 Å². The molecule has 0 fully saturated rings. The van der Waals surface area contributed by atoms with E-state index >= 15 is 0 Å². The number of aromatic nitrogens is 1. The first kappa shape index (κ1) is 16.3. The van der Waals surface area contributed by atoms with Gasteiger partial charge in [-0.05, 0) is 12.1 Å². The Labute approximate surface area is 151 Å². The molecule has 128 valence electrons. The molecular formula is C21H15NO3S. The van der Waals surface area contributed by atoms with Crippen LogP contribution in [0.1, 0.15) is 0 Å². The lowest BCUT2D eigenvalue weighted by atomic mass is 10.1. The fraction of sp³-hybridized carbons (Fsp3) is 0. The van der Waals surface area contributed by atoms with Crippen molar-refractivity contribution in [3.8, 4) is 22.6 Å². The van der Waals surface area contributed by atoms with Gasteiger partial charge in [0.15, 0.2) is 5.76 Å². The first-order valence-electron chi connectivity index (χ1n) is 8.08. The van der Waals surface area contributed by atoms with Crippen LogP contribution >= 0.6 is 0 Å². The third kappa shape index (κ3) is 2.82. The summed E-state index contributed by atoms with van der Waals surface area (Å²) >= 11 is 0. The quantitative estimate of drug-likeness (QED) is 0.522. The lowest BCUT2D eigenvalue weighted by Gasteiger charge is -2.07. The largest absolute Gasteiger partial charge is 0.354 e. The molecule has 1 heterocycles. The van der Waals surface area contributed by atoms with E-state index in [4.69, 9.17) is 4.52 Å². The van der Waals surface area contributed by atoms with E-state index in [9.17, 15) is 8.42 Å². The van der Waals surface area contributed by atoms with Gasteiger partial charge in [0.25, 0.3) is 0 Å². The van der Waals surface area contributed by atoms with E-state index in [0.717, 1.165) is 0 Å². The maximum Gasteiger partial charge on any atom is 0.212 e. The molecule has 0 atom stereocenters. The van der Waals surface area contributed by atoms with E-state index in [-0.39, 0.29) is 15.6 Å². The van der Waals surface area contributed by atoms with E-state index in [1.807, 2.05) is 48.5 Å². The van der Waals surface area contributed by atoms with Crippen molar-refractivity contribution in [3.63, 3.8) is 0 Å². The molecule has 5 heteroatoms. The summed E-state index contributed by atoms with van der Waals surface area (Å²) in [6.07, 6.45) is 0. The SMILES string of the molecule is O=S(=O)(c1ccccc1)c1c(-c2ccccc2)noc1-c1ccccc1. The van der Waals surface area contributed by atoms with Crippen LogP contribution in [-0.2, 0) is 9.84 Å². The van der Waals surface area contributed by atoms with E-state index in [1.54, 1.807) is 42.5 Å². The lowest BCUT2D eigenvalue weighted by molar-refractivity contribution is 0.433. The van der Waals surface area contributed by atoms with Crippen molar-refractivity contribution in [1.29, 1.82) is 0 Å². The Morgan fingerprint density at radius 1 is 0.654 bits per heavy atom. The molecular weight excluding hydrogens is 346 g/mol. The van der Waals surface area contributed by atoms with Crippen molar-refractivity contribution < 1.29 is 12.9 Å². The lowest BCUT2D eigenvalue weighted by Crippen LogP contribution is -2.04. The summed E-state index contributed by atoms with van der Waals surface area (Å²) < 4.78 is 32.3. The van der Waals surface area contributed by atoms with E-state index in [2.05, 4.69) is 5.16 Å². The zero-order chi connectivity index (χ0) is 18.0. The molecule has 4 aromatic rings. The van der Waals surface area contributed by atoms with Gasteiger partial charge in [-0.1, -0.05) is 84.0 Å². The Balaban J connectivity index is 2.01. The van der Waals surface area contributed by atoms with Gasteiger partial charge < -0.3 is 4.52 Å². The maximum atomic E-state index is 13.4. The summed E-state index contributed by atoms with van der Waals surface area (Å²) in [5.41, 5.74) is 1.66. The molecule has 0 bridgehead atoms. The monoisotopic (exact) mass is 361 g/mol. The van der Waals surface area contributed by atoms with Crippen molar-refractivity contribution in [2.75, 3.05) is 0 Å². The highest BCUT2D eigenvalue weighted by Gasteiger charge is 2.31. The Bertz CT molecular complexity index is 1060. The Morgan fingerprint density at radius 2 is 1.15 bits per heavy atom. The van der Waals surface area contributed by atoms with Crippen LogP contribution < -0.4 is 0 Å². The van der Waals surface area contributed by atoms with E-state index < -0.39 is 9.84 Å². The van der Waals surface area contributed by atoms with Crippen LogP contribution in [0.25, 0.3) is 22.6 Å². The normalized spacial score (nSPS) is 11.4. The molecule has 0 amide bonds. The van der Waals surface area contributed by atoms with Crippen LogP contribution in [0.4, 0.5) is 0 Å². The van der Waals surface area contributed by atoms with Gasteiger partial charge in [-0.3, -0.25) is 0 Å². The molecule has 26 heavy (non-hydrogen) atoms. The van der Waals surface area contributed by atoms with Gasteiger partial charge in [-0.25, -0.2) is 8.42 Å². The number of hydrogen-bond donors (Lipinski definition) is 0. The van der Waals surface area contributed by atoms with Crippen molar-refractivity contribution in [2.24, 2.45) is 0 Å². The van der Waals surface area contributed by atoms with Crippen molar-refractivity contribution in [2.45, 2.75) is 9.79 Å². The average Bonchev–Trinajstić information content (AvgIpc) is 3.16. The second-order valence-electron chi connectivity index (χ2n) is 5.74. The van der Waals surface area contributed by atoms with E-state index in [0.29, 0.717) is 16.8 Å². The average molecular weight is 361 g/mol. The molecule has 0 saturated carbocycles. The van der Waals surface area contributed by atoms with Gasteiger partial charge in [-0.15, -0.1) is 0 Å². The minimum absolute atomic E-state index is 0.0844. The number of rotatable bonds is 4. The van der Waals surface area contributed by atoms with Gasteiger partial charge in [0.1, 0.15) is 10.6 Å². The summed E-state index contributed by atoms with van der Waals surface area (Å²) in [6.45, 7) is 0. The van der Waals surface area contributed by atoms with Crippen LogP contribution in [0.2, 0.25) is 0 Å². The number of nitrogens with zero attached hydrogens (tertiary/aromatic N) is 1. The topological polar surface area (TPSA) is 60.2 Å². The molecule has 0 spiro atoms. The molecule has 0 saturated heterocycles. The minimum atomic E-state index is -3.81. The third-order valence-electron chi connectivity index (χ3n) is 4.05. The standard InChI is InChI=1S/C21H15NO3S/c23-26(24,18-14-8-3-9-15-18)21-19(16-10-4-1-5-11-16)22-25-20(21)17-12-6-2-7-13-17/h1-15H. The van der Waals surface area contributed by atoms with Crippen molar-refractivity contribution >= 4 is 9.84 Å². The van der Waals surface area contributed by atoms with Crippen LogP contribution in [0.15, 0.2) is 105 Å². The first-order chi connectivity index (χ1) is 12.7. The highest BCUT2D eigenvalue weighted by Crippen LogP contribution is 2.38. The summed E-state index contributed by atoms with van der Waals surface area (Å²) in [6, 6.07) is 26.6. The first-order valence-corrected chi connectivity index (χ1v) is 9.57. The Hall–Kier alpha value is -3.18. The summed E-state index contributed by atoms with van der Waals surface area (Å²) in [5.74, 6) is 0.244. The molecule has 0 aliphatic carbocycles. The molecule has 0 aliphatic rings. The zero-order valence-corrected chi connectivity index (χ0v) is 14.6. The number of sulfone groups is 1. The summed E-state index contributed by atoms with van der Waals surface area (Å²) in [7, 11) is -3.81. The second-order valence-corrected chi connectivity index (χ2v) is 7.62. The molecule has 0 radical (unpaired) electrons. The molecule has 3 aromatic carbocycles. The molecule has 1 aromatic heterocycles. The second kappa shape index (κ2) is 6.61. The number of hydrogen-bond acceptors (Lipinski definition) is 4. The predicted molar refractivity (Wildman–Crippen MR) is 99.3 cm³/mol. The zero-order valence-electron chi connectivity index (χ0n) is 13.7. The third-order valence-corrected chi connectivity index (χ3v) is 5.86. The minimum Gasteiger partial charge on any atom is -0.354 e. The summed E-state index contributed by atoms with van der Waals surface area (Å²) in [4.78, 5) is 0.290. The van der Waals surface area contributed by atoms with Gasteiger partial charge in [-0.2, -0.15) is 0 Å². The fourth-order valence-electron chi connectivity index (χ4n) is 2.80. The van der Waals surface area contributed by atoms with Gasteiger partial charge in [0.2, 0.25) is 9.84 Å². The van der Waals surface area contributed by atoms with E-state index in [1.165, 1.54) is 0 Å².